The standard InChI is InChI=1S/C17H16N2O6S/c1-11-3-2-4-12(7-11)18-26(23,24)13-5-6-15-14(8-13)19(9-17(21)22)16(20)10-25-15/h2-8,18H,9-10H2,1H3,(H,21,22). The van der Waals surface area contributed by atoms with Crippen molar-refractivity contribution in [3.8, 4) is 5.75 Å². The molecule has 1 aliphatic heterocycles. The number of carbonyl (C=O) groups is 2. The maximum atomic E-state index is 12.6. The van der Waals surface area contributed by atoms with E-state index in [1.807, 2.05) is 13.0 Å². The molecule has 9 heteroatoms. The second kappa shape index (κ2) is 6.68. The Morgan fingerprint density at radius 1 is 1.27 bits per heavy atom. The van der Waals surface area contributed by atoms with E-state index in [9.17, 15) is 18.0 Å². The number of benzene rings is 2. The SMILES string of the molecule is Cc1cccc(NS(=O)(=O)c2ccc3c(c2)N(CC(=O)O)C(=O)CO3)c1. The minimum Gasteiger partial charge on any atom is -0.482 e. The Morgan fingerprint density at radius 2 is 2.04 bits per heavy atom. The summed E-state index contributed by atoms with van der Waals surface area (Å²) in [5.74, 6) is -1.52. The van der Waals surface area contributed by atoms with Gasteiger partial charge in [0.05, 0.1) is 10.6 Å². The average Bonchev–Trinajstić information content (AvgIpc) is 2.56. The van der Waals surface area contributed by atoms with Crippen molar-refractivity contribution in [3.05, 3.63) is 48.0 Å². The van der Waals surface area contributed by atoms with E-state index in [4.69, 9.17) is 9.84 Å². The van der Waals surface area contributed by atoms with Gasteiger partial charge in [-0.05, 0) is 42.8 Å². The number of amides is 1. The Morgan fingerprint density at radius 3 is 2.73 bits per heavy atom. The highest BCUT2D eigenvalue weighted by Crippen LogP contribution is 2.34. The van der Waals surface area contributed by atoms with Crippen LogP contribution in [0, 0.1) is 6.92 Å². The van der Waals surface area contributed by atoms with Crippen LogP contribution in [0.25, 0.3) is 0 Å². The van der Waals surface area contributed by atoms with E-state index in [-0.39, 0.29) is 22.9 Å². The summed E-state index contributed by atoms with van der Waals surface area (Å²) in [5.41, 5.74) is 1.40. The van der Waals surface area contributed by atoms with Crippen molar-refractivity contribution in [2.45, 2.75) is 11.8 Å². The number of anilines is 2. The predicted molar refractivity (Wildman–Crippen MR) is 93.9 cm³/mol. The minimum absolute atomic E-state index is 0.105. The number of hydrogen-bond acceptors (Lipinski definition) is 5. The van der Waals surface area contributed by atoms with Crippen LogP contribution in [0.2, 0.25) is 0 Å². The molecule has 136 valence electrons. The smallest absolute Gasteiger partial charge is 0.323 e. The van der Waals surface area contributed by atoms with Gasteiger partial charge in [-0.25, -0.2) is 8.42 Å². The second-order valence-corrected chi connectivity index (χ2v) is 7.45. The molecule has 0 radical (unpaired) electrons. The van der Waals surface area contributed by atoms with Gasteiger partial charge in [0.1, 0.15) is 12.3 Å². The molecule has 2 aromatic carbocycles. The van der Waals surface area contributed by atoms with E-state index in [1.54, 1.807) is 18.2 Å². The second-order valence-electron chi connectivity index (χ2n) is 5.77. The highest BCUT2D eigenvalue weighted by atomic mass is 32.2. The molecule has 0 aromatic heterocycles. The molecule has 2 N–H and O–H groups in total. The number of carboxylic acids is 1. The number of carboxylic acid groups (broad SMARTS) is 1. The third kappa shape index (κ3) is 3.62. The van der Waals surface area contributed by atoms with Crippen LogP contribution < -0.4 is 14.4 Å². The van der Waals surface area contributed by atoms with Crippen LogP contribution >= 0.6 is 0 Å². The van der Waals surface area contributed by atoms with Gasteiger partial charge in [-0.2, -0.15) is 0 Å². The Hall–Kier alpha value is -3.07. The number of nitrogens with one attached hydrogen (secondary N) is 1. The topological polar surface area (TPSA) is 113 Å². The lowest BCUT2D eigenvalue weighted by Crippen LogP contribution is -2.42. The lowest BCUT2D eigenvalue weighted by atomic mass is 10.2. The lowest BCUT2D eigenvalue weighted by molar-refractivity contribution is -0.137. The summed E-state index contributed by atoms with van der Waals surface area (Å²) in [5, 5.41) is 8.99. The Kier molecular flexibility index (Phi) is 4.56. The molecule has 1 heterocycles. The molecule has 0 fully saturated rings. The molecular formula is C17H16N2O6S. The molecule has 0 saturated carbocycles. The fourth-order valence-corrected chi connectivity index (χ4v) is 3.65. The van der Waals surface area contributed by atoms with Gasteiger partial charge in [0.2, 0.25) is 0 Å². The quantitative estimate of drug-likeness (QED) is 0.820. The van der Waals surface area contributed by atoms with Crippen molar-refractivity contribution in [1.29, 1.82) is 0 Å². The highest BCUT2D eigenvalue weighted by molar-refractivity contribution is 7.92. The maximum absolute atomic E-state index is 12.6. The number of rotatable bonds is 5. The minimum atomic E-state index is -3.92. The average molecular weight is 376 g/mol. The normalized spacial score (nSPS) is 13.7. The molecule has 1 amide bonds. The van der Waals surface area contributed by atoms with Crippen molar-refractivity contribution < 1.29 is 27.9 Å². The summed E-state index contributed by atoms with van der Waals surface area (Å²) >= 11 is 0. The zero-order chi connectivity index (χ0) is 18.9. The van der Waals surface area contributed by atoms with Crippen LogP contribution in [-0.2, 0) is 19.6 Å². The third-order valence-electron chi connectivity index (χ3n) is 3.75. The van der Waals surface area contributed by atoms with Gasteiger partial charge in [-0.15, -0.1) is 0 Å². The zero-order valence-electron chi connectivity index (χ0n) is 13.8. The molecule has 0 aliphatic carbocycles. The van der Waals surface area contributed by atoms with Crippen molar-refractivity contribution in [3.63, 3.8) is 0 Å². The summed E-state index contributed by atoms with van der Waals surface area (Å²) in [6, 6.07) is 10.8. The van der Waals surface area contributed by atoms with Crippen molar-refractivity contribution in [1.82, 2.24) is 0 Å². The Labute approximate surface area is 150 Å². The van der Waals surface area contributed by atoms with E-state index in [1.165, 1.54) is 18.2 Å². The van der Waals surface area contributed by atoms with E-state index < -0.39 is 28.4 Å². The first-order valence-electron chi connectivity index (χ1n) is 7.65. The van der Waals surface area contributed by atoms with Gasteiger partial charge in [0.15, 0.2) is 6.61 Å². The molecule has 1 aliphatic rings. The van der Waals surface area contributed by atoms with Crippen molar-refractivity contribution >= 4 is 33.3 Å². The number of hydrogen-bond donors (Lipinski definition) is 2. The molecule has 8 nitrogen and oxygen atoms in total. The molecule has 2 aromatic rings. The molecule has 0 bridgehead atoms. The Bertz CT molecular complexity index is 986. The summed E-state index contributed by atoms with van der Waals surface area (Å²) in [7, 11) is -3.92. The first kappa shape index (κ1) is 17.7. The number of sulfonamides is 1. The number of ether oxygens (including phenoxy) is 1. The molecule has 26 heavy (non-hydrogen) atoms. The molecule has 0 spiro atoms. The largest absolute Gasteiger partial charge is 0.482 e. The van der Waals surface area contributed by atoms with Gasteiger partial charge in [0.25, 0.3) is 15.9 Å². The zero-order valence-corrected chi connectivity index (χ0v) is 14.6. The summed E-state index contributed by atoms with van der Waals surface area (Å²) in [6.45, 7) is 0.960. The monoisotopic (exact) mass is 376 g/mol. The van der Waals surface area contributed by atoms with Crippen LogP contribution in [0.15, 0.2) is 47.4 Å². The van der Waals surface area contributed by atoms with E-state index in [0.717, 1.165) is 10.5 Å². The lowest BCUT2D eigenvalue weighted by Gasteiger charge is -2.28. The fourth-order valence-electron chi connectivity index (χ4n) is 2.58. The van der Waals surface area contributed by atoms with Crippen LogP contribution in [0.5, 0.6) is 5.75 Å². The number of aliphatic carboxylic acids is 1. The fraction of sp³-hybridized carbons (Fsp3) is 0.176. The number of aryl methyl sites for hydroxylation is 1. The molecular weight excluding hydrogens is 360 g/mol. The molecule has 0 unspecified atom stereocenters. The number of fused-ring (bicyclic) bond motifs is 1. The molecule has 3 rings (SSSR count). The summed E-state index contributed by atoms with van der Waals surface area (Å²) in [6.07, 6.45) is 0. The maximum Gasteiger partial charge on any atom is 0.323 e. The summed E-state index contributed by atoms with van der Waals surface area (Å²) in [4.78, 5) is 23.9. The van der Waals surface area contributed by atoms with E-state index in [0.29, 0.717) is 5.69 Å². The van der Waals surface area contributed by atoms with Crippen molar-refractivity contribution in [2.24, 2.45) is 0 Å². The van der Waals surface area contributed by atoms with Gasteiger partial charge in [-0.3, -0.25) is 19.2 Å². The van der Waals surface area contributed by atoms with Crippen LogP contribution in [0.1, 0.15) is 5.56 Å². The first-order valence-corrected chi connectivity index (χ1v) is 9.13. The van der Waals surface area contributed by atoms with Gasteiger partial charge < -0.3 is 9.84 Å². The van der Waals surface area contributed by atoms with Gasteiger partial charge in [-0.1, -0.05) is 12.1 Å². The van der Waals surface area contributed by atoms with Crippen LogP contribution in [-0.4, -0.2) is 38.6 Å². The summed E-state index contributed by atoms with van der Waals surface area (Å²) < 4.78 is 33.0. The Balaban J connectivity index is 1.97. The molecule has 0 atom stereocenters. The first-order chi connectivity index (χ1) is 12.3. The number of carbonyl (C=O) groups excluding carboxylic acids is 1. The van der Waals surface area contributed by atoms with Crippen molar-refractivity contribution in [2.75, 3.05) is 22.8 Å². The van der Waals surface area contributed by atoms with Crippen LogP contribution in [0.3, 0.4) is 0 Å². The van der Waals surface area contributed by atoms with Gasteiger partial charge >= 0.3 is 5.97 Å². The van der Waals surface area contributed by atoms with Crippen LogP contribution in [0.4, 0.5) is 11.4 Å². The molecule has 0 saturated heterocycles. The predicted octanol–water partition coefficient (Wildman–Crippen LogP) is 1.61. The van der Waals surface area contributed by atoms with E-state index >= 15 is 0 Å². The third-order valence-corrected chi connectivity index (χ3v) is 5.13. The highest BCUT2D eigenvalue weighted by Gasteiger charge is 2.29. The van der Waals surface area contributed by atoms with E-state index in [2.05, 4.69) is 4.72 Å². The number of nitrogens with zero attached hydrogens (tertiary/aromatic N) is 1. The van der Waals surface area contributed by atoms with Gasteiger partial charge in [0, 0.05) is 5.69 Å².